The quantitative estimate of drug-likeness (QED) is 0.162. The van der Waals surface area contributed by atoms with Gasteiger partial charge >= 0.3 is 6.85 Å². The van der Waals surface area contributed by atoms with Crippen LogP contribution in [0.3, 0.4) is 0 Å². The molecule has 0 fully saturated rings. The second-order valence-corrected chi connectivity index (χ2v) is 31.2. The molecule has 0 saturated heterocycles. The average Bonchev–Trinajstić information content (AvgIpc) is 2.44. The van der Waals surface area contributed by atoms with Crippen LogP contribution in [0.25, 0.3) is 65.1 Å². The summed E-state index contributed by atoms with van der Waals surface area (Å²) in [7, 11) is 0. The van der Waals surface area contributed by atoms with Gasteiger partial charge in [0.25, 0.3) is 0 Å². The summed E-state index contributed by atoms with van der Waals surface area (Å²) < 4.78 is 17.3. The predicted octanol–water partition coefficient (Wildman–Crippen LogP) is 20.1. The molecule has 15 rings (SSSR count). The molecule has 7 aromatic carbocycles. The van der Waals surface area contributed by atoms with Crippen LogP contribution in [-0.2, 0) is 37.9 Å². The molecular formula is C73H77BN2O2S. The first kappa shape index (κ1) is 49.8. The topological polar surface area (TPSA) is 32.8 Å². The highest BCUT2D eigenvalue weighted by Gasteiger charge is 2.51. The maximum atomic E-state index is 7.37. The molecule has 2 aliphatic heterocycles. The van der Waals surface area contributed by atoms with Crippen LogP contribution in [-0.4, -0.2) is 6.85 Å². The van der Waals surface area contributed by atoms with E-state index in [0.717, 1.165) is 69.9 Å². The summed E-state index contributed by atoms with van der Waals surface area (Å²) >= 11 is 2.02. The molecule has 400 valence electrons. The van der Waals surface area contributed by atoms with Gasteiger partial charge in [-0.25, -0.2) is 0 Å². The number of hydrogen-bond acceptors (Lipinski definition) is 5. The number of benzene rings is 7. The Hall–Kier alpha value is -6.24. The van der Waals surface area contributed by atoms with Crippen molar-refractivity contribution >= 4 is 111 Å². The minimum Gasteiger partial charge on any atom is -0.456 e. The number of fused-ring (bicyclic) bond motifs is 16. The maximum absolute atomic E-state index is 7.37. The highest BCUT2D eigenvalue weighted by Crippen LogP contribution is 2.58. The number of nitrogens with zero attached hydrogens (tertiary/aromatic N) is 2. The van der Waals surface area contributed by atoms with E-state index in [4.69, 9.17) is 8.83 Å². The Labute approximate surface area is 472 Å². The highest BCUT2D eigenvalue weighted by molar-refractivity contribution is 7.32. The first-order valence-corrected chi connectivity index (χ1v) is 30.5. The zero-order chi connectivity index (χ0) is 55.2. The Morgan fingerprint density at radius 1 is 0.481 bits per heavy atom. The van der Waals surface area contributed by atoms with Gasteiger partial charge in [0.05, 0.1) is 5.69 Å². The molecule has 0 radical (unpaired) electrons. The van der Waals surface area contributed by atoms with Crippen LogP contribution in [0.2, 0.25) is 0 Å². The van der Waals surface area contributed by atoms with Crippen molar-refractivity contribution in [2.45, 2.75) is 187 Å². The van der Waals surface area contributed by atoms with Gasteiger partial charge in [0.2, 0.25) is 0 Å². The molecule has 3 aliphatic carbocycles. The van der Waals surface area contributed by atoms with E-state index in [-0.39, 0.29) is 44.8 Å². The zero-order valence-corrected chi connectivity index (χ0v) is 50.6. The Kier molecular flexibility index (Phi) is 9.83. The van der Waals surface area contributed by atoms with Crippen molar-refractivity contribution < 1.29 is 8.83 Å². The second-order valence-electron chi connectivity index (χ2n) is 30.1. The van der Waals surface area contributed by atoms with E-state index in [9.17, 15) is 0 Å². The van der Waals surface area contributed by atoms with Crippen molar-refractivity contribution in [3.05, 3.63) is 148 Å². The van der Waals surface area contributed by atoms with Gasteiger partial charge in [0, 0.05) is 76.4 Å². The summed E-state index contributed by atoms with van der Waals surface area (Å²) in [4.78, 5) is 5.47. The molecule has 0 saturated carbocycles. The number of rotatable bonds is 2. The Morgan fingerprint density at radius 2 is 1.01 bits per heavy atom. The molecule has 0 spiro atoms. The molecule has 4 nitrogen and oxygen atoms in total. The summed E-state index contributed by atoms with van der Waals surface area (Å²) in [5.41, 5.74) is 25.3. The summed E-state index contributed by atoms with van der Waals surface area (Å²) in [6.45, 7) is 38.7. The SMILES string of the molecule is Cc1cc2c(cc1N1c3cc4c(oc5ccccc54)c4c3B(c3sc5cc6c(cc5c31)C(C)(C)CCC6(C)C)N(c1ccc(C(C)(C)C)cc1)c1cc3oc5cc6c(cc5c3cc1-4)C(C)(C)CCC6(C)C)C(C)(C)CCC2(C)C. The third-order valence-corrected chi connectivity index (χ3v) is 22.3. The van der Waals surface area contributed by atoms with Crippen molar-refractivity contribution in [1.29, 1.82) is 0 Å². The monoisotopic (exact) mass is 1060 g/mol. The van der Waals surface area contributed by atoms with E-state index in [1.54, 1.807) is 0 Å². The molecule has 10 aromatic rings. The van der Waals surface area contributed by atoms with Crippen molar-refractivity contribution in [2.24, 2.45) is 0 Å². The normalized spacial score (nSPS) is 19.9. The zero-order valence-electron chi connectivity index (χ0n) is 49.8. The van der Waals surface area contributed by atoms with E-state index < -0.39 is 0 Å². The molecule has 0 unspecified atom stereocenters. The lowest BCUT2D eigenvalue weighted by Gasteiger charge is -2.46. The molecule has 3 aromatic heterocycles. The van der Waals surface area contributed by atoms with Gasteiger partial charge in [-0.1, -0.05) is 140 Å². The Morgan fingerprint density at radius 3 is 1.63 bits per heavy atom. The molecule has 6 heteroatoms. The van der Waals surface area contributed by atoms with Crippen LogP contribution in [0.4, 0.5) is 28.4 Å². The Balaban J connectivity index is 1.12. The van der Waals surface area contributed by atoms with E-state index >= 15 is 0 Å². The van der Waals surface area contributed by atoms with Gasteiger partial charge < -0.3 is 18.5 Å². The summed E-state index contributed by atoms with van der Waals surface area (Å²) in [5.74, 6) is 0. The van der Waals surface area contributed by atoms with E-state index in [1.807, 2.05) is 11.3 Å². The van der Waals surface area contributed by atoms with Gasteiger partial charge in [0.1, 0.15) is 22.3 Å². The van der Waals surface area contributed by atoms with E-state index in [0.29, 0.717) is 0 Å². The maximum Gasteiger partial charge on any atom is 0.343 e. The lowest BCUT2D eigenvalue weighted by molar-refractivity contribution is 0.332. The molecule has 0 N–H and O–H groups in total. The molecule has 0 bridgehead atoms. The van der Waals surface area contributed by atoms with Gasteiger partial charge in [-0.2, -0.15) is 0 Å². The van der Waals surface area contributed by atoms with Gasteiger partial charge in [-0.3, -0.25) is 0 Å². The third kappa shape index (κ3) is 6.85. The fourth-order valence-corrected chi connectivity index (χ4v) is 17.0. The number of para-hydroxylation sites is 1. The molecule has 5 aliphatic rings. The van der Waals surface area contributed by atoms with Crippen molar-refractivity contribution in [2.75, 3.05) is 9.71 Å². The molecule has 79 heavy (non-hydrogen) atoms. The summed E-state index contributed by atoms with van der Waals surface area (Å²) in [6, 6.07) is 41.1. The van der Waals surface area contributed by atoms with Gasteiger partial charge in [-0.05, 0) is 194 Å². The highest BCUT2D eigenvalue weighted by atomic mass is 32.1. The van der Waals surface area contributed by atoms with Crippen LogP contribution < -0.4 is 20.0 Å². The van der Waals surface area contributed by atoms with Crippen molar-refractivity contribution in [3.8, 4) is 11.1 Å². The largest absolute Gasteiger partial charge is 0.456 e. The minimum atomic E-state index is -0.193. The molecular weight excluding hydrogens is 980 g/mol. The summed E-state index contributed by atoms with van der Waals surface area (Å²) in [5, 5.41) is 5.99. The second kappa shape index (κ2) is 15.6. The number of aryl methyl sites for hydroxylation is 1. The van der Waals surface area contributed by atoms with Gasteiger partial charge in [0.15, 0.2) is 0 Å². The lowest BCUT2D eigenvalue weighted by atomic mass is 9.46. The minimum absolute atomic E-state index is 0.00505. The number of thiophene rings is 1. The number of hydrogen-bond donors (Lipinski definition) is 0. The lowest BCUT2D eigenvalue weighted by Crippen LogP contribution is -2.60. The van der Waals surface area contributed by atoms with Crippen LogP contribution in [0.5, 0.6) is 0 Å². The fourth-order valence-electron chi connectivity index (χ4n) is 15.7. The van der Waals surface area contributed by atoms with Crippen LogP contribution >= 0.6 is 11.3 Å². The summed E-state index contributed by atoms with van der Waals surface area (Å²) in [6.07, 6.45) is 6.96. The van der Waals surface area contributed by atoms with E-state index in [2.05, 4.69) is 224 Å². The number of furan rings is 2. The predicted molar refractivity (Wildman–Crippen MR) is 339 cm³/mol. The van der Waals surface area contributed by atoms with Crippen LogP contribution in [0, 0.1) is 6.92 Å². The average molecular weight is 1060 g/mol. The smallest absolute Gasteiger partial charge is 0.343 e. The Bertz CT molecular complexity index is 4330. The van der Waals surface area contributed by atoms with E-state index in [1.165, 1.54) is 117 Å². The third-order valence-electron chi connectivity index (χ3n) is 21.1. The standard InChI is InChI=1S/C73H77BN2O2S/c1-40-31-49-52(71(11,12)28-25-68(49,5)6)36-55(40)75-57-35-46-43-19-17-18-20-58(43)78-65(46)62-47-32-44-45-33-50-53(72(13,14)29-26-69(50,7)8)37-59(45)77-60(44)39-56(47)76(42-23-21-41(22-24-42)67(2,3)4)74(63(57)62)66-64(75)48-34-51-54(38-61(48)79-66)73(15,16)30-27-70(51,9)10/h17-24,31-39H,25-30H2,1-16H3. The molecule has 0 amide bonds. The molecule has 5 heterocycles. The fraction of sp³-hybridized carbons (Fsp3) is 0.397. The first-order chi connectivity index (χ1) is 37.1. The van der Waals surface area contributed by atoms with Crippen molar-refractivity contribution in [3.63, 3.8) is 0 Å². The first-order valence-electron chi connectivity index (χ1n) is 29.6. The van der Waals surface area contributed by atoms with Crippen molar-refractivity contribution in [1.82, 2.24) is 0 Å². The van der Waals surface area contributed by atoms with Crippen LogP contribution in [0.15, 0.2) is 112 Å². The number of anilines is 5. The van der Waals surface area contributed by atoms with Gasteiger partial charge in [-0.15, -0.1) is 11.3 Å². The van der Waals surface area contributed by atoms with Crippen LogP contribution in [0.1, 0.15) is 187 Å². The molecule has 0 atom stereocenters.